The molecule has 1 aromatic heterocycles. The summed E-state index contributed by atoms with van der Waals surface area (Å²) in [5.41, 5.74) is 1.82. The summed E-state index contributed by atoms with van der Waals surface area (Å²) in [6, 6.07) is 0. The standard InChI is InChI=1S/C13H15N3O2/c1-7-10(15(2)3)13(18)9-11(12(7)17)16-6-4-5-8(16)14-9/h4-6H2,1-3H3. The van der Waals surface area contributed by atoms with Gasteiger partial charge in [-0.15, -0.1) is 0 Å². The predicted octanol–water partition coefficient (Wildman–Crippen LogP) is 1.04. The second kappa shape index (κ2) is 3.54. The zero-order chi connectivity index (χ0) is 13.0. The number of likely N-dealkylation sites (N-methyl/N-ethyl adjacent to an activating group) is 1. The molecule has 0 unspecified atom stereocenters. The molecule has 0 saturated carbocycles. The monoisotopic (exact) mass is 245 g/mol. The number of allylic oxidation sites excluding steroid dienone is 2. The minimum absolute atomic E-state index is 0.0612. The number of aromatic nitrogens is 2. The summed E-state index contributed by atoms with van der Waals surface area (Å²) in [6.45, 7) is 2.51. The fourth-order valence-corrected chi connectivity index (χ4v) is 2.82. The second-order valence-electron chi connectivity index (χ2n) is 5.01. The molecule has 5 heteroatoms. The molecule has 1 aliphatic carbocycles. The molecule has 1 aliphatic heterocycles. The lowest BCUT2D eigenvalue weighted by Gasteiger charge is -2.22. The molecule has 0 saturated heterocycles. The fraction of sp³-hybridized carbons (Fsp3) is 0.462. The number of imidazole rings is 1. The summed E-state index contributed by atoms with van der Waals surface area (Å²) in [5, 5.41) is 0. The van der Waals surface area contributed by atoms with Gasteiger partial charge in [-0.2, -0.15) is 0 Å². The molecule has 0 amide bonds. The Bertz CT molecular complexity index is 608. The molecule has 18 heavy (non-hydrogen) atoms. The number of hydrogen-bond acceptors (Lipinski definition) is 4. The average molecular weight is 245 g/mol. The Morgan fingerprint density at radius 1 is 1.22 bits per heavy atom. The van der Waals surface area contributed by atoms with Crippen molar-refractivity contribution in [2.75, 3.05) is 14.1 Å². The van der Waals surface area contributed by atoms with Crippen LogP contribution in [0.1, 0.15) is 40.1 Å². The highest BCUT2D eigenvalue weighted by atomic mass is 16.1. The van der Waals surface area contributed by atoms with Crippen LogP contribution in [0.2, 0.25) is 0 Å². The van der Waals surface area contributed by atoms with Gasteiger partial charge in [-0.25, -0.2) is 4.98 Å². The fourth-order valence-electron chi connectivity index (χ4n) is 2.82. The van der Waals surface area contributed by atoms with Crippen LogP contribution in [0.4, 0.5) is 0 Å². The summed E-state index contributed by atoms with van der Waals surface area (Å²) >= 11 is 0. The summed E-state index contributed by atoms with van der Waals surface area (Å²) in [7, 11) is 3.55. The molecule has 0 aromatic carbocycles. The number of ketones is 2. The van der Waals surface area contributed by atoms with Crippen molar-refractivity contribution in [3.05, 3.63) is 28.5 Å². The Hall–Kier alpha value is -1.91. The van der Waals surface area contributed by atoms with E-state index in [1.54, 1.807) is 25.9 Å². The number of fused-ring (bicyclic) bond motifs is 3. The molecule has 2 aliphatic rings. The molecule has 5 nitrogen and oxygen atoms in total. The largest absolute Gasteiger partial charge is 0.374 e. The number of Topliss-reactive ketones (excluding diaryl/α,β-unsaturated/α-hetero) is 2. The number of aryl methyl sites for hydroxylation is 1. The Kier molecular flexibility index (Phi) is 2.20. The van der Waals surface area contributed by atoms with Gasteiger partial charge in [0, 0.05) is 32.6 Å². The molecule has 0 N–H and O–H groups in total. The van der Waals surface area contributed by atoms with Crippen LogP contribution in [0.3, 0.4) is 0 Å². The van der Waals surface area contributed by atoms with Crippen molar-refractivity contribution in [3.8, 4) is 0 Å². The van der Waals surface area contributed by atoms with Crippen LogP contribution in [0.5, 0.6) is 0 Å². The maximum Gasteiger partial charge on any atom is 0.230 e. The van der Waals surface area contributed by atoms with Crippen molar-refractivity contribution in [1.29, 1.82) is 0 Å². The van der Waals surface area contributed by atoms with Gasteiger partial charge >= 0.3 is 0 Å². The van der Waals surface area contributed by atoms with Crippen LogP contribution in [0.25, 0.3) is 0 Å². The van der Waals surface area contributed by atoms with Gasteiger partial charge in [0.05, 0.1) is 5.70 Å². The van der Waals surface area contributed by atoms with Crippen molar-refractivity contribution in [2.45, 2.75) is 26.3 Å². The maximum absolute atomic E-state index is 12.4. The number of nitrogens with zero attached hydrogens (tertiary/aromatic N) is 3. The van der Waals surface area contributed by atoms with E-state index in [2.05, 4.69) is 4.98 Å². The topological polar surface area (TPSA) is 55.2 Å². The van der Waals surface area contributed by atoms with Crippen molar-refractivity contribution < 1.29 is 9.59 Å². The number of carbonyl (C=O) groups excluding carboxylic acids is 2. The first-order valence-corrected chi connectivity index (χ1v) is 6.09. The molecule has 94 valence electrons. The Morgan fingerprint density at radius 2 is 1.94 bits per heavy atom. The van der Waals surface area contributed by atoms with Gasteiger partial charge in [-0.1, -0.05) is 0 Å². The number of hydrogen-bond donors (Lipinski definition) is 0. The third kappa shape index (κ3) is 1.24. The molecule has 0 bridgehead atoms. The normalized spacial score (nSPS) is 18.2. The molecular formula is C13H15N3O2. The van der Waals surface area contributed by atoms with Gasteiger partial charge in [-0.05, 0) is 13.3 Å². The summed E-state index contributed by atoms with van der Waals surface area (Å²) < 4.78 is 1.91. The van der Waals surface area contributed by atoms with E-state index in [1.165, 1.54) is 0 Å². The average Bonchev–Trinajstić information content (AvgIpc) is 2.85. The minimum atomic E-state index is -0.131. The van der Waals surface area contributed by atoms with Gasteiger partial charge in [0.2, 0.25) is 11.6 Å². The van der Waals surface area contributed by atoms with Crippen LogP contribution in [0, 0.1) is 0 Å². The first kappa shape index (κ1) is 11.2. The lowest BCUT2D eigenvalue weighted by molar-refractivity contribution is 0.0945. The number of carbonyl (C=O) groups is 2. The van der Waals surface area contributed by atoms with Gasteiger partial charge in [0.15, 0.2) is 0 Å². The third-order valence-corrected chi connectivity index (χ3v) is 3.62. The van der Waals surface area contributed by atoms with E-state index in [4.69, 9.17) is 0 Å². The van der Waals surface area contributed by atoms with Crippen molar-refractivity contribution in [2.24, 2.45) is 0 Å². The Balaban J connectivity index is 2.24. The van der Waals surface area contributed by atoms with E-state index in [1.807, 2.05) is 4.57 Å². The predicted molar refractivity (Wildman–Crippen MR) is 65.6 cm³/mol. The lowest BCUT2D eigenvalue weighted by Crippen LogP contribution is -2.30. The molecular weight excluding hydrogens is 230 g/mol. The van der Waals surface area contributed by atoms with Gasteiger partial charge in [-0.3, -0.25) is 9.59 Å². The lowest BCUT2D eigenvalue weighted by atomic mass is 9.95. The number of rotatable bonds is 1. The molecule has 0 radical (unpaired) electrons. The summed E-state index contributed by atoms with van der Waals surface area (Å²) in [5.74, 6) is 0.678. The molecule has 0 spiro atoms. The van der Waals surface area contributed by atoms with E-state index in [0.29, 0.717) is 22.7 Å². The molecule has 1 aromatic rings. The van der Waals surface area contributed by atoms with E-state index < -0.39 is 0 Å². The molecule has 0 atom stereocenters. The van der Waals surface area contributed by atoms with E-state index in [-0.39, 0.29) is 11.6 Å². The van der Waals surface area contributed by atoms with Crippen LogP contribution in [0.15, 0.2) is 11.3 Å². The smallest absolute Gasteiger partial charge is 0.230 e. The summed E-state index contributed by atoms with van der Waals surface area (Å²) in [6.07, 6.45) is 1.85. The van der Waals surface area contributed by atoms with Crippen molar-refractivity contribution in [1.82, 2.24) is 14.5 Å². The quantitative estimate of drug-likeness (QED) is 0.742. The van der Waals surface area contributed by atoms with Gasteiger partial charge in [0.1, 0.15) is 17.2 Å². The highest BCUT2D eigenvalue weighted by Gasteiger charge is 2.37. The maximum atomic E-state index is 12.4. The molecule has 2 heterocycles. The Morgan fingerprint density at radius 3 is 2.61 bits per heavy atom. The van der Waals surface area contributed by atoms with Crippen molar-refractivity contribution in [3.63, 3.8) is 0 Å². The first-order chi connectivity index (χ1) is 8.52. The van der Waals surface area contributed by atoms with Crippen molar-refractivity contribution >= 4 is 11.6 Å². The minimum Gasteiger partial charge on any atom is -0.374 e. The van der Waals surface area contributed by atoms with Crippen LogP contribution in [-0.2, 0) is 13.0 Å². The van der Waals surface area contributed by atoms with Crippen LogP contribution >= 0.6 is 0 Å². The van der Waals surface area contributed by atoms with Gasteiger partial charge < -0.3 is 9.47 Å². The SMILES string of the molecule is CC1=C(N(C)C)C(=O)c2nc3n(c2C1=O)CCC3. The summed E-state index contributed by atoms with van der Waals surface area (Å²) in [4.78, 5) is 30.9. The molecule has 0 fully saturated rings. The first-order valence-electron chi connectivity index (χ1n) is 6.09. The second-order valence-corrected chi connectivity index (χ2v) is 5.01. The highest BCUT2D eigenvalue weighted by Crippen LogP contribution is 2.30. The van der Waals surface area contributed by atoms with Crippen LogP contribution < -0.4 is 0 Å². The molecule has 3 rings (SSSR count). The van der Waals surface area contributed by atoms with Crippen LogP contribution in [-0.4, -0.2) is 40.1 Å². The van der Waals surface area contributed by atoms with E-state index in [0.717, 1.165) is 25.2 Å². The zero-order valence-corrected chi connectivity index (χ0v) is 10.8. The Labute approximate surface area is 105 Å². The third-order valence-electron chi connectivity index (χ3n) is 3.62. The van der Waals surface area contributed by atoms with Gasteiger partial charge in [0.25, 0.3) is 0 Å². The zero-order valence-electron chi connectivity index (χ0n) is 10.8. The van der Waals surface area contributed by atoms with E-state index in [9.17, 15) is 9.59 Å². The van der Waals surface area contributed by atoms with E-state index >= 15 is 0 Å². The highest BCUT2D eigenvalue weighted by molar-refractivity contribution is 6.25.